The van der Waals surface area contributed by atoms with Gasteiger partial charge in [-0.1, -0.05) is 19.9 Å². The second-order valence-corrected chi connectivity index (χ2v) is 7.34. The Morgan fingerprint density at radius 1 is 1.52 bits per heavy atom. The van der Waals surface area contributed by atoms with E-state index in [0.29, 0.717) is 11.8 Å². The smallest absolute Gasteiger partial charge is 0.241 e. The van der Waals surface area contributed by atoms with Crippen molar-refractivity contribution in [1.82, 2.24) is 10.2 Å². The van der Waals surface area contributed by atoms with E-state index in [0.717, 1.165) is 32.6 Å². The fourth-order valence-electron chi connectivity index (χ4n) is 3.17. The molecule has 2 aliphatic rings. The van der Waals surface area contributed by atoms with Gasteiger partial charge in [0.05, 0.1) is 6.04 Å². The van der Waals surface area contributed by atoms with E-state index >= 15 is 0 Å². The third-order valence-electron chi connectivity index (χ3n) is 4.48. The van der Waals surface area contributed by atoms with Gasteiger partial charge in [-0.2, -0.15) is 0 Å². The van der Waals surface area contributed by atoms with Crippen LogP contribution in [0.25, 0.3) is 0 Å². The van der Waals surface area contributed by atoms with Gasteiger partial charge in [0.1, 0.15) is 6.17 Å². The van der Waals surface area contributed by atoms with Gasteiger partial charge in [-0.25, -0.2) is 0 Å². The fourth-order valence-corrected chi connectivity index (χ4v) is 3.96. The summed E-state index contributed by atoms with van der Waals surface area (Å²) in [5, 5.41) is 5.60. The Labute approximate surface area is 130 Å². The number of hydrogen-bond donors (Lipinski definition) is 1. The van der Waals surface area contributed by atoms with E-state index in [1.807, 2.05) is 4.90 Å². The van der Waals surface area contributed by atoms with Crippen LogP contribution in [0.1, 0.15) is 37.7 Å². The number of carbonyl (C=O) groups is 1. The number of ether oxygens (including phenoxy) is 1. The van der Waals surface area contributed by atoms with Crippen LogP contribution in [0.5, 0.6) is 0 Å². The number of hydrogen-bond acceptors (Lipinski definition) is 4. The summed E-state index contributed by atoms with van der Waals surface area (Å²) >= 11 is 1.72. The summed E-state index contributed by atoms with van der Waals surface area (Å²) in [6, 6.07) is 4.11. The topological polar surface area (TPSA) is 41.6 Å². The highest BCUT2D eigenvalue weighted by molar-refractivity contribution is 7.10. The molecule has 1 aromatic rings. The Balaban J connectivity index is 1.71. The molecule has 3 rings (SSSR count). The van der Waals surface area contributed by atoms with E-state index in [9.17, 15) is 4.79 Å². The molecule has 3 unspecified atom stereocenters. The van der Waals surface area contributed by atoms with Crippen molar-refractivity contribution in [3.05, 3.63) is 22.4 Å². The van der Waals surface area contributed by atoms with Crippen LogP contribution >= 0.6 is 11.3 Å². The quantitative estimate of drug-likeness (QED) is 0.909. The van der Waals surface area contributed by atoms with Crippen molar-refractivity contribution in [2.24, 2.45) is 11.8 Å². The van der Waals surface area contributed by atoms with E-state index in [4.69, 9.17) is 4.74 Å². The third kappa shape index (κ3) is 3.15. The summed E-state index contributed by atoms with van der Waals surface area (Å²) in [5.41, 5.74) is 0. The molecule has 0 aromatic carbocycles. The van der Waals surface area contributed by atoms with E-state index in [1.54, 1.807) is 11.3 Å². The SMILES string of the molecule is CC(C)C1NC(c2cccs2)N(CCC2CCOC2)C1=O. The van der Waals surface area contributed by atoms with Gasteiger partial charge in [0, 0.05) is 24.6 Å². The maximum absolute atomic E-state index is 12.7. The molecule has 1 aromatic heterocycles. The fraction of sp³-hybridized carbons (Fsp3) is 0.688. The molecule has 116 valence electrons. The summed E-state index contributed by atoms with van der Waals surface area (Å²) in [4.78, 5) is 16.0. The normalized spacial score (nSPS) is 29.8. The van der Waals surface area contributed by atoms with Gasteiger partial charge < -0.3 is 9.64 Å². The predicted molar refractivity (Wildman–Crippen MR) is 84.1 cm³/mol. The van der Waals surface area contributed by atoms with Gasteiger partial charge in [0.15, 0.2) is 0 Å². The molecular formula is C16H24N2O2S. The lowest BCUT2D eigenvalue weighted by Crippen LogP contribution is -2.35. The highest BCUT2D eigenvalue weighted by atomic mass is 32.1. The highest BCUT2D eigenvalue weighted by Gasteiger charge is 2.41. The molecule has 2 aliphatic heterocycles. The van der Waals surface area contributed by atoms with Crippen molar-refractivity contribution < 1.29 is 9.53 Å². The zero-order chi connectivity index (χ0) is 14.8. The molecule has 3 atom stereocenters. The van der Waals surface area contributed by atoms with Crippen LogP contribution in [-0.2, 0) is 9.53 Å². The molecule has 21 heavy (non-hydrogen) atoms. The molecule has 2 saturated heterocycles. The second-order valence-electron chi connectivity index (χ2n) is 6.36. The number of thiophene rings is 1. The Hall–Kier alpha value is -0.910. The van der Waals surface area contributed by atoms with Crippen molar-refractivity contribution >= 4 is 17.2 Å². The largest absolute Gasteiger partial charge is 0.381 e. The predicted octanol–water partition coefficient (Wildman–Crippen LogP) is 2.63. The van der Waals surface area contributed by atoms with Crippen LogP contribution in [0.15, 0.2) is 17.5 Å². The maximum Gasteiger partial charge on any atom is 0.241 e. The molecule has 1 amide bonds. The van der Waals surface area contributed by atoms with Gasteiger partial charge >= 0.3 is 0 Å². The molecule has 4 nitrogen and oxygen atoms in total. The lowest BCUT2D eigenvalue weighted by Gasteiger charge is -2.24. The van der Waals surface area contributed by atoms with Gasteiger partial charge in [-0.15, -0.1) is 11.3 Å². The average molecular weight is 308 g/mol. The standard InChI is InChI=1S/C16H24N2O2S/c1-11(2)14-16(19)18(7-5-12-6-8-20-10-12)15(17-14)13-4-3-9-21-13/h3-4,9,11-12,14-15,17H,5-8,10H2,1-2H3. The number of nitrogens with one attached hydrogen (secondary N) is 1. The first-order valence-electron chi connectivity index (χ1n) is 7.84. The lowest BCUT2D eigenvalue weighted by molar-refractivity contribution is -0.131. The van der Waals surface area contributed by atoms with Crippen LogP contribution < -0.4 is 5.32 Å². The number of amides is 1. The van der Waals surface area contributed by atoms with Crippen molar-refractivity contribution in [3.63, 3.8) is 0 Å². The first kappa shape index (κ1) is 15.0. The molecule has 3 heterocycles. The van der Waals surface area contributed by atoms with Crippen molar-refractivity contribution in [1.29, 1.82) is 0 Å². The first-order valence-corrected chi connectivity index (χ1v) is 8.72. The second kappa shape index (κ2) is 6.46. The summed E-state index contributed by atoms with van der Waals surface area (Å²) in [6.07, 6.45) is 2.22. The van der Waals surface area contributed by atoms with Crippen LogP contribution in [0, 0.1) is 11.8 Å². The summed E-state index contributed by atoms with van der Waals surface area (Å²) in [6.45, 7) is 6.77. The minimum Gasteiger partial charge on any atom is -0.381 e. The molecule has 0 saturated carbocycles. The van der Waals surface area contributed by atoms with Crippen molar-refractivity contribution in [2.75, 3.05) is 19.8 Å². The monoisotopic (exact) mass is 308 g/mol. The third-order valence-corrected chi connectivity index (χ3v) is 5.40. The Morgan fingerprint density at radius 2 is 2.38 bits per heavy atom. The van der Waals surface area contributed by atoms with E-state index in [2.05, 4.69) is 36.7 Å². The van der Waals surface area contributed by atoms with Crippen LogP contribution in [0.2, 0.25) is 0 Å². The molecule has 5 heteroatoms. The Bertz CT molecular complexity index is 469. The molecule has 0 bridgehead atoms. The van der Waals surface area contributed by atoms with E-state index in [-0.39, 0.29) is 18.1 Å². The Morgan fingerprint density at radius 3 is 3.00 bits per heavy atom. The lowest BCUT2D eigenvalue weighted by atomic mass is 10.0. The minimum atomic E-state index is -0.0584. The molecular weight excluding hydrogens is 284 g/mol. The summed E-state index contributed by atoms with van der Waals surface area (Å²) < 4.78 is 5.44. The number of nitrogens with zero attached hydrogens (tertiary/aromatic N) is 1. The van der Waals surface area contributed by atoms with E-state index < -0.39 is 0 Å². The van der Waals surface area contributed by atoms with Gasteiger partial charge in [0.25, 0.3) is 0 Å². The molecule has 0 spiro atoms. The summed E-state index contributed by atoms with van der Waals surface area (Å²) in [7, 11) is 0. The number of rotatable bonds is 5. The zero-order valence-corrected chi connectivity index (χ0v) is 13.6. The van der Waals surface area contributed by atoms with E-state index in [1.165, 1.54) is 4.88 Å². The Kier molecular flexibility index (Phi) is 4.62. The van der Waals surface area contributed by atoms with Crippen molar-refractivity contribution in [3.8, 4) is 0 Å². The van der Waals surface area contributed by atoms with Gasteiger partial charge in [-0.05, 0) is 36.1 Å². The molecule has 0 aliphatic carbocycles. The molecule has 1 N–H and O–H groups in total. The molecule has 0 radical (unpaired) electrons. The van der Waals surface area contributed by atoms with Gasteiger partial charge in [-0.3, -0.25) is 10.1 Å². The van der Waals surface area contributed by atoms with Crippen LogP contribution in [0.4, 0.5) is 0 Å². The molecule has 2 fully saturated rings. The van der Waals surface area contributed by atoms with Crippen LogP contribution in [-0.4, -0.2) is 36.6 Å². The van der Waals surface area contributed by atoms with Crippen LogP contribution in [0.3, 0.4) is 0 Å². The zero-order valence-electron chi connectivity index (χ0n) is 12.7. The number of carbonyl (C=O) groups excluding carboxylic acids is 1. The van der Waals surface area contributed by atoms with Gasteiger partial charge in [0.2, 0.25) is 5.91 Å². The average Bonchev–Trinajstić information content (AvgIpc) is 3.17. The van der Waals surface area contributed by atoms with Crippen molar-refractivity contribution in [2.45, 2.75) is 38.9 Å². The highest BCUT2D eigenvalue weighted by Crippen LogP contribution is 2.31. The first-order chi connectivity index (χ1) is 10.2. The minimum absolute atomic E-state index is 0.0484. The maximum atomic E-state index is 12.7. The summed E-state index contributed by atoms with van der Waals surface area (Å²) in [5.74, 6) is 1.18.